The molecule has 1 unspecified atom stereocenters. The molecule has 13 heteroatoms. The average molecular weight is 477 g/mol. The molecule has 0 aromatic carbocycles. The van der Waals surface area contributed by atoms with Gasteiger partial charge in [-0.1, -0.05) is 0 Å². The maximum absolute atomic E-state index is 13.1. The zero-order valence-electron chi connectivity index (χ0n) is 19.1. The van der Waals surface area contributed by atoms with Crippen molar-refractivity contribution < 1.29 is 14.3 Å². The summed E-state index contributed by atoms with van der Waals surface area (Å²) < 4.78 is 13.2. The summed E-state index contributed by atoms with van der Waals surface area (Å²) in [6.07, 6.45) is 3.81. The van der Waals surface area contributed by atoms with Gasteiger partial charge in [0, 0.05) is 32.0 Å². The Morgan fingerprint density at radius 2 is 2.14 bits per heavy atom. The molecule has 0 aliphatic carbocycles. The Labute approximate surface area is 199 Å². The minimum Gasteiger partial charge on any atom is -0.480 e. The van der Waals surface area contributed by atoms with Gasteiger partial charge in [0.05, 0.1) is 26.0 Å². The highest BCUT2D eigenvalue weighted by Crippen LogP contribution is 2.21. The largest absolute Gasteiger partial charge is 0.480 e. The Hall–Kier alpha value is -4.52. The first kappa shape index (κ1) is 22.3. The Bertz CT molecular complexity index is 1430. The maximum Gasteiger partial charge on any atom is 0.280 e. The zero-order valence-corrected chi connectivity index (χ0v) is 19.1. The first-order valence-corrected chi connectivity index (χ1v) is 10.9. The van der Waals surface area contributed by atoms with E-state index in [0.29, 0.717) is 47.8 Å². The van der Waals surface area contributed by atoms with Crippen molar-refractivity contribution in [3.05, 3.63) is 58.6 Å². The summed E-state index contributed by atoms with van der Waals surface area (Å²) in [6, 6.07) is 8.22. The summed E-state index contributed by atoms with van der Waals surface area (Å²) in [5, 5.41) is 21.3. The van der Waals surface area contributed by atoms with Gasteiger partial charge in [-0.25, -0.2) is 4.98 Å². The highest BCUT2D eigenvalue weighted by atomic mass is 16.5. The molecule has 4 aromatic rings. The smallest absolute Gasteiger partial charge is 0.280 e. The van der Waals surface area contributed by atoms with Crippen molar-refractivity contribution in [3.8, 4) is 11.7 Å². The quantitative estimate of drug-likeness (QED) is 0.352. The number of carbonyl (C=O) groups is 1. The predicted molar refractivity (Wildman–Crippen MR) is 127 cm³/mol. The van der Waals surface area contributed by atoms with E-state index < -0.39 is 0 Å². The fourth-order valence-electron chi connectivity index (χ4n) is 3.73. The molecule has 180 valence electrons. The monoisotopic (exact) mass is 477 g/mol. The molecular weight excluding hydrogens is 454 g/mol. The number of hydrogen-bond donors (Lipinski definition) is 3. The van der Waals surface area contributed by atoms with Crippen LogP contribution in [0.4, 0.5) is 17.3 Å². The van der Waals surface area contributed by atoms with Crippen LogP contribution in [0.25, 0.3) is 11.5 Å². The molecule has 0 bridgehead atoms. The summed E-state index contributed by atoms with van der Waals surface area (Å²) in [7, 11) is 3.22. The van der Waals surface area contributed by atoms with Gasteiger partial charge in [0.2, 0.25) is 5.88 Å². The lowest BCUT2D eigenvalue weighted by Crippen LogP contribution is -2.35. The lowest BCUT2D eigenvalue weighted by atomic mass is 10.2. The zero-order chi connectivity index (χ0) is 24.4. The topological polar surface area (TPSA) is 150 Å². The maximum atomic E-state index is 13.1. The Kier molecular flexibility index (Phi) is 5.97. The molecule has 3 N–H and O–H groups in total. The van der Waals surface area contributed by atoms with Crippen LogP contribution in [-0.2, 0) is 4.74 Å². The molecule has 5 rings (SSSR count). The second kappa shape index (κ2) is 9.38. The molecule has 1 amide bonds. The minimum absolute atomic E-state index is 0.0497. The second-order valence-corrected chi connectivity index (χ2v) is 7.76. The van der Waals surface area contributed by atoms with Crippen LogP contribution in [0.5, 0.6) is 5.88 Å². The van der Waals surface area contributed by atoms with E-state index in [-0.39, 0.29) is 23.2 Å². The molecule has 35 heavy (non-hydrogen) atoms. The van der Waals surface area contributed by atoms with Crippen LogP contribution in [0.3, 0.4) is 0 Å². The number of carbonyl (C=O) groups excluding carboxylic acids is 1. The molecular formula is C22H23N9O4. The van der Waals surface area contributed by atoms with Gasteiger partial charge >= 0.3 is 0 Å². The number of hydrogen-bond acceptors (Lipinski definition) is 10. The van der Waals surface area contributed by atoms with Crippen molar-refractivity contribution in [1.29, 1.82) is 0 Å². The summed E-state index contributed by atoms with van der Waals surface area (Å²) in [4.78, 5) is 30.6. The molecule has 13 nitrogen and oxygen atoms in total. The number of ether oxygens (including phenoxy) is 2. The van der Waals surface area contributed by atoms with Crippen molar-refractivity contribution in [2.24, 2.45) is 0 Å². The molecule has 1 fully saturated rings. The van der Waals surface area contributed by atoms with E-state index in [2.05, 4.69) is 36.2 Å². The van der Waals surface area contributed by atoms with E-state index in [1.807, 2.05) is 0 Å². The lowest BCUT2D eigenvalue weighted by molar-refractivity contribution is 0.0931. The Balaban J connectivity index is 1.48. The fourth-order valence-corrected chi connectivity index (χ4v) is 3.73. The normalized spacial score (nSPS) is 15.2. The number of anilines is 3. The summed E-state index contributed by atoms with van der Waals surface area (Å²) in [6.45, 7) is 1.10. The third-order valence-electron chi connectivity index (χ3n) is 5.53. The molecule has 5 heterocycles. The SMILES string of the molecule is CNc1cc(Nc2cccn(-c3ccc(OC)nn3)c2=O)nc2c(C(=O)NC3CCOC3)cnn12. The molecule has 1 saturated heterocycles. The van der Waals surface area contributed by atoms with E-state index in [0.717, 1.165) is 6.42 Å². The minimum atomic E-state index is -0.354. The third-order valence-corrected chi connectivity index (χ3v) is 5.53. The highest BCUT2D eigenvalue weighted by Gasteiger charge is 2.22. The van der Waals surface area contributed by atoms with Crippen LogP contribution in [0.1, 0.15) is 16.8 Å². The van der Waals surface area contributed by atoms with E-state index in [1.165, 1.54) is 22.4 Å². The summed E-state index contributed by atoms with van der Waals surface area (Å²) >= 11 is 0. The van der Waals surface area contributed by atoms with Gasteiger partial charge in [0.25, 0.3) is 11.5 Å². The van der Waals surface area contributed by atoms with E-state index in [9.17, 15) is 9.59 Å². The van der Waals surface area contributed by atoms with Gasteiger partial charge in [0.1, 0.15) is 22.9 Å². The van der Waals surface area contributed by atoms with Crippen molar-refractivity contribution in [3.63, 3.8) is 0 Å². The van der Waals surface area contributed by atoms with Gasteiger partial charge in [-0.2, -0.15) is 9.61 Å². The van der Waals surface area contributed by atoms with Gasteiger partial charge in [-0.05, 0) is 24.6 Å². The summed E-state index contributed by atoms with van der Waals surface area (Å²) in [5.41, 5.74) is 0.564. The number of aromatic nitrogens is 6. The lowest BCUT2D eigenvalue weighted by Gasteiger charge is -2.12. The van der Waals surface area contributed by atoms with Crippen LogP contribution in [0, 0.1) is 0 Å². The van der Waals surface area contributed by atoms with Crippen molar-refractivity contribution in [1.82, 2.24) is 34.7 Å². The number of nitrogens with zero attached hydrogens (tertiary/aromatic N) is 6. The van der Waals surface area contributed by atoms with Crippen LogP contribution in [0.15, 0.2) is 47.5 Å². The molecule has 1 aliphatic rings. The number of fused-ring (bicyclic) bond motifs is 1. The Morgan fingerprint density at radius 1 is 1.26 bits per heavy atom. The first-order valence-electron chi connectivity index (χ1n) is 10.9. The number of amides is 1. The van der Waals surface area contributed by atoms with Crippen molar-refractivity contribution in [2.75, 3.05) is 38.0 Å². The second-order valence-electron chi connectivity index (χ2n) is 7.76. The third kappa shape index (κ3) is 4.36. The molecule has 0 spiro atoms. The van der Waals surface area contributed by atoms with Crippen molar-refractivity contribution in [2.45, 2.75) is 12.5 Å². The summed E-state index contributed by atoms with van der Waals surface area (Å²) in [5.74, 6) is 1.33. The number of pyridine rings is 1. The molecule has 0 radical (unpaired) electrons. The first-order chi connectivity index (χ1) is 17.1. The van der Waals surface area contributed by atoms with Crippen molar-refractivity contribution >= 4 is 28.9 Å². The van der Waals surface area contributed by atoms with Crippen LogP contribution < -0.4 is 26.2 Å². The van der Waals surface area contributed by atoms with Gasteiger partial charge in [-0.3, -0.25) is 14.2 Å². The van der Waals surface area contributed by atoms with Crippen LogP contribution in [-0.4, -0.2) is 68.7 Å². The van der Waals surface area contributed by atoms with E-state index >= 15 is 0 Å². The molecule has 1 aliphatic heterocycles. The van der Waals surface area contributed by atoms with E-state index in [4.69, 9.17) is 9.47 Å². The average Bonchev–Trinajstić information content (AvgIpc) is 3.55. The number of rotatable bonds is 7. The van der Waals surface area contributed by atoms with Gasteiger partial charge in [-0.15, -0.1) is 10.2 Å². The number of methoxy groups -OCH3 is 1. The van der Waals surface area contributed by atoms with Crippen LogP contribution >= 0.6 is 0 Å². The van der Waals surface area contributed by atoms with Crippen LogP contribution in [0.2, 0.25) is 0 Å². The Morgan fingerprint density at radius 3 is 2.86 bits per heavy atom. The predicted octanol–water partition coefficient (Wildman–Crippen LogP) is 0.983. The highest BCUT2D eigenvalue weighted by molar-refractivity contribution is 6.00. The van der Waals surface area contributed by atoms with Gasteiger partial charge in [0.15, 0.2) is 11.5 Å². The molecule has 4 aromatic heterocycles. The molecule has 0 saturated carbocycles. The van der Waals surface area contributed by atoms with Gasteiger partial charge < -0.3 is 25.4 Å². The standard InChI is InChI=1S/C22H23N9O4/c1-23-18-10-16(27-20-14(11-24-31(18)20)21(32)25-13-7-9-35-12-13)26-15-4-3-8-30(22(15)33)17-5-6-19(34-2)29-28-17/h3-6,8,10-11,13,23H,7,9,12H2,1-2H3,(H,25,32)(H,26,27). The molecule has 1 atom stereocenters. The fraction of sp³-hybridized carbons (Fsp3) is 0.273. The number of nitrogens with one attached hydrogen (secondary N) is 3. The van der Waals surface area contributed by atoms with E-state index in [1.54, 1.807) is 43.6 Å².